The van der Waals surface area contributed by atoms with Crippen molar-refractivity contribution in [2.45, 2.75) is 26.8 Å². The first-order chi connectivity index (χ1) is 7.52. The zero-order valence-corrected chi connectivity index (χ0v) is 10.0. The Bertz CT molecular complexity index is 426. The van der Waals surface area contributed by atoms with Gasteiger partial charge in [-0.3, -0.25) is 4.79 Å². The number of hydrogen-bond donors (Lipinski definition) is 1. The fourth-order valence-corrected chi connectivity index (χ4v) is 2.26. The van der Waals surface area contributed by atoms with Crippen molar-refractivity contribution in [3.05, 3.63) is 29.3 Å². The number of anilines is 1. The van der Waals surface area contributed by atoms with Crippen molar-refractivity contribution in [1.82, 2.24) is 0 Å². The van der Waals surface area contributed by atoms with E-state index in [1.807, 2.05) is 30.0 Å². The number of rotatable bonds is 2. The third kappa shape index (κ3) is 1.61. The molecule has 3 nitrogen and oxygen atoms in total. The molecule has 1 unspecified atom stereocenters. The molecule has 0 saturated heterocycles. The Morgan fingerprint density at radius 3 is 2.75 bits per heavy atom. The van der Waals surface area contributed by atoms with E-state index in [1.165, 1.54) is 0 Å². The minimum Gasteiger partial charge on any atom is -0.316 e. The lowest BCUT2D eigenvalue weighted by Crippen LogP contribution is -2.34. The van der Waals surface area contributed by atoms with Gasteiger partial charge < -0.3 is 10.6 Å². The van der Waals surface area contributed by atoms with Crippen LogP contribution in [-0.4, -0.2) is 12.5 Å². The lowest BCUT2D eigenvalue weighted by Gasteiger charge is -2.21. The minimum atomic E-state index is -0.478. The van der Waals surface area contributed by atoms with E-state index >= 15 is 0 Å². The molecule has 2 rings (SSSR count). The number of nitrogens with zero attached hydrogens (tertiary/aromatic N) is 1. The van der Waals surface area contributed by atoms with Crippen molar-refractivity contribution < 1.29 is 4.79 Å². The Morgan fingerprint density at radius 1 is 1.44 bits per heavy atom. The zero-order chi connectivity index (χ0) is 11.9. The van der Waals surface area contributed by atoms with Gasteiger partial charge in [0.1, 0.15) is 6.04 Å². The third-order valence-corrected chi connectivity index (χ3v) is 2.95. The van der Waals surface area contributed by atoms with Crippen LogP contribution in [-0.2, 0) is 4.79 Å². The molecule has 0 aromatic heterocycles. The van der Waals surface area contributed by atoms with Gasteiger partial charge in [0.05, 0.1) is 5.69 Å². The largest absolute Gasteiger partial charge is 0.316 e. The molecular formula is C13H18N2O. The molecule has 0 saturated carbocycles. The molecule has 86 valence electrons. The fraction of sp³-hybridized carbons (Fsp3) is 0.462. The highest BCUT2D eigenvalue weighted by atomic mass is 16.2. The van der Waals surface area contributed by atoms with E-state index in [1.54, 1.807) is 0 Å². The molecule has 0 spiro atoms. The van der Waals surface area contributed by atoms with Crippen LogP contribution in [0.15, 0.2) is 18.2 Å². The molecule has 1 heterocycles. The van der Waals surface area contributed by atoms with Crippen LogP contribution < -0.4 is 10.6 Å². The lowest BCUT2D eigenvalue weighted by molar-refractivity contribution is -0.119. The standard InChI is InChI=1S/C13H18N2O/c1-8(2)7-15-12-9(3)5-4-6-10(12)11(14)13(15)16/h4-6,8,11H,7,14H2,1-3H3. The third-order valence-electron chi connectivity index (χ3n) is 2.95. The van der Waals surface area contributed by atoms with Crippen molar-refractivity contribution in [3.8, 4) is 0 Å². The molecule has 0 bridgehead atoms. The summed E-state index contributed by atoms with van der Waals surface area (Å²) < 4.78 is 0. The molecule has 3 heteroatoms. The smallest absolute Gasteiger partial charge is 0.248 e. The normalized spacial score (nSPS) is 19.4. The molecule has 1 aliphatic heterocycles. The van der Waals surface area contributed by atoms with Gasteiger partial charge >= 0.3 is 0 Å². The minimum absolute atomic E-state index is 0.0259. The summed E-state index contributed by atoms with van der Waals surface area (Å²) in [6, 6.07) is 5.46. The van der Waals surface area contributed by atoms with Crippen LogP contribution in [0, 0.1) is 12.8 Å². The molecule has 1 aromatic carbocycles. The molecule has 0 radical (unpaired) electrons. The molecule has 16 heavy (non-hydrogen) atoms. The monoisotopic (exact) mass is 218 g/mol. The highest BCUT2D eigenvalue weighted by molar-refractivity contribution is 6.05. The predicted molar refractivity (Wildman–Crippen MR) is 65.3 cm³/mol. The maximum Gasteiger partial charge on any atom is 0.248 e. The van der Waals surface area contributed by atoms with Gasteiger partial charge in [0, 0.05) is 12.1 Å². The predicted octanol–water partition coefficient (Wildman–Crippen LogP) is 2.00. The Morgan fingerprint density at radius 2 is 2.12 bits per heavy atom. The number of amides is 1. The van der Waals surface area contributed by atoms with Gasteiger partial charge in [-0.1, -0.05) is 32.0 Å². The summed E-state index contributed by atoms with van der Waals surface area (Å²) in [6.07, 6.45) is 0. The molecule has 1 atom stereocenters. The van der Waals surface area contributed by atoms with Crippen LogP contribution in [0.5, 0.6) is 0 Å². The molecule has 1 amide bonds. The van der Waals surface area contributed by atoms with Gasteiger partial charge in [0.2, 0.25) is 5.91 Å². The molecule has 0 fully saturated rings. The van der Waals surface area contributed by atoms with Crippen LogP contribution in [0.1, 0.15) is 31.0 Å². The number of aryl methyl sites for hydroxylation is 1. The number of carbonyl (C=O) groups excluding carboxylic acids is 1. The van der Waals surface area contributed by atoms with Gasteiger partial charge in [0.25, 0.3) is 0 Å². The number of hydrogen-bond acceptors (Lipinski definition) is 2. The lowest BCUT2D eigenvalue weighted by atomic mass is 10.1. The molecule has 2 N–H and O–H groups in total. The second-order valence-electron chi connectivity index (χ2n) is 4.83. The number of fused-ring (bicyclic) bond motifs is 1. The quantitative estimate of drug-likeness (QED) is 0.825. The topological polar surface area (TPSA) is 46.3 Å². The summed E-state index contributed by atoms with van der Waals surface area (Å²) in [4.78, 5) is 13.9. The Balaban J connectivity index is 2.47. The van der Waals surface area contributed by atoms with E-state index in [-0.39, 0.29) is 5.91 Å². The van der Waals surface area contributed by atoms with Gasteiger partial charge in [0.15, 0.2) is 0 Å². The van der Waals surface area contributed by atoms with Crippen LogP contribution in [0.4, 0.5) is 5.69 Å². The van der Waals surface area contributed by atoms with E-state index in [0.29, 0.717) is 5.92 Å². The Kier molecular flexibility index (Phi) is 2.72. The first-order valence-electron chi connectivity index (χ1n) is 5.69. The van der Waals surface area contributed by atoms with Gasteiger partial charge in [-0.25, -0.2) is 0 Å². The van der Waals surface area contributed by atoms with Crippen LogP contribution in [0.2, 0.25) is 0 Å². The van der Waals surface area contributed by atoms with Gasteiger partial charge in [-0.15, -0.1) is 0 Å². The maximum atomic E-state index is 12.1. The second kappa shape index (κ2) is 3.91. The Labute approximate surface area is 96.2 Å². The number of para-hydroxylation sites is 1. The number of benzene rings is 1. The van der Waals surface area contributed by atoms with Crippen molar-refractivity contribution in [3.63, 3.8) is 0 Å². The van der Waals surface area contributed by atoms with Gasteiger partial charge in [-0.2, -0.15) is 0 Å². The second-order valence-corrected chi connectivity index (χ2v) is 4.83. The van der Waals surface area contributed by atoms with Crippen LogP contribution >= 0.6 is 0 Å². The van der Waals surface area contributed by atoms with Crippen molar-refractivity contribution >= 4 is 11.6 Å². The number of carbonyl (C=O) groups is 1. The van der Waals surface area contributed by atoms with Crippen LogP contribution in [0.3, 0.4) is 0 Å². The molecule has 1 aliphatic rings. The van der Waals surface area contributed by atoms with E-state index in [0.717, 1.165) is 23.4 Å². The SMILES string of the molecule is Cc1cccc2c1N(CC(C)C)C(=O)C2N. The van der Waals surface area contributed by atoms with E-state index in [4.69, 9.17) is 5.73 Å². The van der Waals surface area contributed by atoms with Crippen molar-refractivity contribution in [1.29, 1.82) is 0 Å². The van der Waals surface area contributed by atoms with Crippen LogP contribution in [0.25, 0.3) is 0 Å². The van der Waals surface area contributed by atoms with Crippen molar-refractivity contribution in [2.24, 2.45) is 11.7 Å². The summed E-state index contributed by atoms with van der Waals surface area (Å²) in [5.41, 5.74) is 9.04. The highest BCUT2D eigenvalue weighted by Gasteiger charge is 2.35. The highest BCUT2D eigenvalue weighted by Crippen LogP contribution is 2.37. The van der Waals surface area contributed by atoms with Gasteiger partial charge in [-0.05, 0) is 18.4 Å². The summed E-state index contributed by atoms with van der Waals surface area (Å²) in [5.74, 6) is 0.472. The van der Waals surface area contributed by atoms with E-state index in [9.17, 15) is 4.79 Å². The summed E-state index contributed by atoms with van der Waals surface area (Å²) in [6.45, 7) is 6.98. The first-order valence-corrected chi connectivity index (χ1v) is 5.69. The summed E-state index contributed by atoms with van der Waals surface area (Å²) >= 11 is 0. The summed E-state index contributed by atoms with van der Waals surface area (Å²) in [5, 5.41) is 0. The zero-order valence-electron chi connectivity index (χ0n) is 10.0. The van der Waals surface area contributed by atoms with E-state index in [2.05, 4.69) is 13.8 Å². The van der Waals surface area contributed by atoms with Crippen molar-refractivity contribution in [2.75, 3.05) is 11.4 Å². The maximum absolute atomic E-state index is 12.1. The molecule has 1 aromatic rings. The average Bonchev–Trinajstić information content (AvgIpc) is 2.45. The first kappa shape index (κ1) is 11.1. The average molecular weight is 218 g/mol. The Hall–Kier alpha value is -1.35. The number of nitrogens with two attached hydrogens (primary N) is 1. The molecular weight excluding hydrogens is 200 g/mol. The molecule has 0 aliphatic carbocycles. The van der Waals surface area contributed by atoms with E-state index < -0.39 is 6.04 Å². The summed E-state index contributed by atoms with van der Waals surface area (Å²) in [7, 11) is 0. The fourth-order valence-electron chi connectivity index (χ4n) is 2.26.